The number of nitrogens with zero attached hydrogens (tertiary/aromatic N) is 1. The average Bonchev–Trinajstić information content (AvgIpc) is 2.71. The lowest BCUT2D eigenvalue weighted by Gasteiger charge is -2.11. The van der Waals surface area contributed by atoms with Gasteiger partial charge < -0.3 is 14.2 Å². The third-order valence-corrected chi connectivity index (χ3v) is 5.16. The first-order chi connectivity index (χ1) is 13.5. The van der Waals surface area contributed by atoms with Crippen molar-refractivity contribution in [2.45, 2.75) is 18.4 Å². The maximum atomic E-state index is 12.4. The molecule has 0 fully saturated rings. The molecule has 0 unspecified atom stereocenters. The lowest BCUT2D eigenvalue weighted by molar-refractivity contribution is 0.0472. The minimum Gasteiger partial charge on any atom is -0.493 e. The molecule has 28 heavy (non-hydrogen) atoms. The van der Waals surface area contributed by atoms with Crippen molar-refractivity contribution >= 4 is 40.2 Å². The molecule has 0 saturated heterocycles. The molecule has 0 N–H and O–H groups in total. The molecular formula is C21H20ClNO4S. The molecule has 0 amide bonds. The van der Waals surface area contributed by atoms with Crippen molar-refractivity contribution in [2.75, 3.05) is 20.0 Å². The topological polar surface area (TPSA) is 57.7 Å². The van der Waals surface area contributed by atoms with E-state index >= 15 is 0 Å². The summed E-state index contributed by atoms with van der Waals surface area (Å²) in [6, 6.07) is 12.8. The van der Waals surface area contributed by atoms with Crippen LogP contribution >= 0.6 is 23.4 Å². The Morgan fingerprint density at radius 3 is 2.68 bits per heavy atom. The Labute approximate surface area is 173 Å². The quantitative estimate of drug-likeness (QED) is 0.292. The predicted molar refractivity (Wildman–Crippen MR) is 112 cm³/mol. The number of carbonyl (C=O) groups is 1. The molecule has 0 aliphatic carbocycles. The molecule has 3 rings (SSSR count). The fraction of sp³-hybridized carbons (Fsp3) is 0.238. The van der Waals surface area contributed by atoms with E-state index in [-0.39, 0.29) is 6.61 Å². The lowest BCUT2D eigenvalue weighted by Crippen LogP contribution is -2.07. The SMILES string of the molecule is CCOc1cc(C(=O)OCc2cc3ccc(SC)cc3nc2Cl)ccc1OC. The number of halogens is 1. The highest BCUT2D eigenvalue weighted by Crippen LogP contribution is 2.29. The molecule has 146 valence electrons. The van der Waals surface area contributed by atoms with Gasteiger partial charge in [0.15, 0.2) is 11.5 Å². The van der Waals surface area contributed by atoms with Crippen molar-refractivity contribution < 1.29 is 19.0 Å². The lowest BCUT2D eigenvalue weighted by atomic mass is 10.1. The van der Waals surface area contributed by atoms with Gasteiger partial charge in [0.2, 0.25) is 0 Å². The summed E-state index contributed by atoms with van der Waals surface area (Å²) in [5.41, 5.74) is 1.83. The molecule has 0 aliphatic rings. The molecule has 2 aromatic carbocycles. The second-order valence-corrected chi connectivity index (χ2v) is 7.11. The molecule has 1 aromatic heterocycles. The Morgan fingerprint density at radius 1 is 1.14 bits per heavy atom. The summed E-state index contributed by atoms with van der Waals surface area (Å²) >= 11 is 7.93. The molecular weight excluding hydrogens is 398 g/mol. The minimum absolute atomic E-state index is 0.0287. The molecule has 3 aromatic rings. The van der Waals surface area contributed by atoms with E-state index in [1.165, 1.54) is 0 Å². The predicted octanol–water partition coefficient (Wildman–Crippen LogP) is 5.37. The van der Waals surface area contributed by atoms with Gasteiger partial charge in [-0.05, 0) is 49.6 Å². The second kappa shape index (κ2) is 9.17. The van der Waals surface area contributed by atoms with Gasteiger partial charge >= 0.3 is 5.97 Å². The molecule has 0 spiro atoms. The fourth-order valence-electron chi connectivity index (χ4n) is 2.69. The highest BCUT2D eigenvalue weighted by atomic mass is 35.5. The molecule has 1 heterocycles. The average molecular weight is 418 g/mol. The largest absolute Gasteiger partial charge is 0.493 e. The van der Waals surface area contributed by atoms with E-state index in [1.54, 1.807) is 37.1 Å². The van der Waals surface area contributed by atoms with Crippen molar-refractivity contribution in [1.82, 2.24) is 4.98 Å². The van der Waals surface area contributed by atoms with Crippen molar-refractivity contribution in [3.05, 3.63) is 58.7 Å². The Bertz CT molecular complexity index is 1010. The third-order valence-electron chi connectivity index (χ3n) is 4.11. The van der Waals surface area contributed by atoms with Gasteiger partial charge in [0.1, 0.15) is 11.8 Å². The first-order valence-corrected chi connectivity index (χ1v) is 10.3. The van der Waals surface area contributed by atoms with E-state index in [0.717, 1.165) is 15.8 Å². The van der Waals surface area contributed by atoms with E-state index in [2.05, 4.69) is 4.98 Å². The van der Waals surface area contributed by atoms with Gasteiger partial charge in [-0.2, -0.15) is 0 Å². The minimum atomic E-state index is -0.475. The van der Waals surface area contributed by atoms with Gasteiger partial charge in [-0.25, -0.2) is 9.78 Å². The van der Waals surface area contributed by atoms with Crippen molar-refractivity contribution in [2.24, 2.45) is 0 Å². The van der Waals surface area contributed by atoms with Crippen LogP contribution in [0.2, 0.25) is 5.15 Å². The Morgan fingerprint density at radius 2 is 1.96 bits per heavy atom. The van der Waals surface area contributed by atoms with Gasteiger partial charge in [-0.1, -0.05) is 17.7 Å². The number of pyridine rings is 1. The number of hydrogen-bond donors (Lipinski definition) is 0. The Kier molecular flexibility index (Phi) is 6.65. The van der Waals surface area contributed by atoms with Crippen LogP contribution in [0.15, 0.2) is 47.4 Å². The van der Waals surface area contributed by atoms with E-state index in [4.69, 9.17) is 25.8 Å². The van der Waals surface area contributed by atoms with Crippen LogP contribution in [0, 0.1) is 0 Å². The number of thioether (sulfide) groups is 1. The third kappa shape index (κ3) is 4.51. The van der Waals surface area contributed by atoms with Crippen LogP contribution in [-0.4, -0.2) is 30.9 Å². The Hall–Kier alpha value is -2.44. The van der Waals surface area contributed by atoms with Crippen molar-refractivity contribution in [1.29, 1.82) is 0 Å². The van der Waals surface area contributed by atoms with Gasteiger partial charge in [0.25, 0.3) is 0 Å². The van der Waals surface area contributed by atoms with Crippen LogP contribution in [0.25, 0.3) is 10.9 Å². The van der Waals surface area contributed by atoms with Crippen LogP contribution in [0.1, 0.15) is 22.8 Å². The van der Waals surface area contributed by atoms with Gasteiger partial charge in [0.05, 0.1) is 24.8 Å². The van der Waals surface area contributed by atoms with Gasteiger partial charge in [0, 0.05) is 15.8 Å². The zero-order chi connectivity index (χ0) is 20.1. The number of esters is 1. The zero-order valence-corrected chi connectivity index (χ0v) is 17.4. The van der Waals surface area contributed by atoms with Crippen LogP contribution in [0.5, 0.6) is 11.5 Å². The number of ether oxygens (including phenoxy) is 3. The monoisotopic (exact) mass is 417 g/mol. The number of methoxy groups -OCH3 is 1. The summed E-state index contributed by atoms with van der Waals surface area (Å²) < 4.78 is 16.2. The first kappa shape index (κ1) is 20.3. The number of carbonyl (C=O) groups excluding carboxylic acids is 1. The fourth-order valence-corrected chi connectivity index (χ4v) is 3.33. The summed E-state index contributed by atoms with van der Waals surface area (Å²) in [7, 11) is 1.55. The van der Waals surface area contributed by atoms with E-state index in [0.29, 0.717) is 34.4 Å². The molecule has 0 radical (unpaired) electrons. The molecule has 5 nitrogen and oxygen atoms in total. The molecule has 0 atom stereocenters. The van der Waals surface area contributed by atoms with Gasteiger partial charge in [-0.3, -0.25) is 0 Å². The van der Waals surface area contributed by atoms with Gasteiger partial charge in [-0.15, -0.1) is 11.8 Å². The summed E-state index contributed by atoms with van der Waals surface area (Å²) in [6.07, 6.45) is 2.01. The summed E-state index contributed by atoms with van der Waals surface area (Å²) in [5, 5.41) is 1.26. The van der Waals surface area contributed by atoms with E-state index in [1.807, 2.05) is 37.4 Å². The standard InChI is InChI=1S/C21H20ClNO4S/c1-4-26-19-10-14(6-8-18(19)25-2)21(24)27-12-15-9-13-5-7-16(28-3)11-17(13)23-20(15)22/h5-11H,4,12H2,1-3H3. The highest BCUT2D eigenvalue weighted by molar-refractivity contribution is 7.98. The number of hydrogen-bond acceptors (Lipinski definition) is 6. The summed E-state index contributed by atoms with van der Waals surface area (Å²) in [5.74, 6) is 0.580. The first-order valence-electron chi connectivity index (χ1n) is 8.66. The Balaban J connectivity index is 1.77. The van der Waals surface area contributed by atoms with E-state index < -0.39 is 5.97 Å². The van der Waals surface area contributed by atoms with Crippen LogP contribution in [0.4, 0.5) is 0 Å². The van der Waals surface area contributed by atoms with Crippen molar-refractivity contribution in [3.8, 4) is 11.5 Å². The zero-order valence-electron chi connectivity index (χ0n) is 15.8. The molecule has 0 saturated carbocycles. The number of fused-ring (bicyclic) bond motifs is 1. The normalized spacial score (nSPS) is 10.7. The maximum Gasteiger partial charge on any atom is 0.338 e. The highest BCUT2D eigenvalue weighted by Gasteiger charge is 2.14. The second-order valence-electron chi connectivity index (χ2n) is 5.87. The maximum absolute atomic E-state index is 12.4. The number of benzene rings is 2. The number of rotatable bonds is 7. The molecule has 0 bridgehead atoms. The molecule has 0 aliphatic heterocycles. The van der Waals surface area contributed by atoms with Crippen LogP contribution in [-0.2, 0) is 11.3 Å². The summed E-state index contributed by atoms with van der Waals surface area (Å²) in [6.45, 7) is 2.35. The van der Waals surface area contributed by atoms with Crippen LogP contribution in [0.3, 0.4) is 0 Å². The van der Waals surface area contributed by atoms with Crippen molar-refractivity contribution in [3.63, 3.8) is 0 Å². The van der Waals surface area contributed by atoms with E-state index in [9.17, 15) is 4.79 Å². The smallest absolute Gasteiger partial charge is 0.338 e. The molecule has 7 heteroatoms. The number of aromatic nitrogens is 1. The van der Waals surface area contributed by atoms with Crippen LogP contribution < -0.4 is 9.47 Å². The summed E-state index contributed by atoms with van der Waals surface area (Å²) in [4.78, 5) is 18.0.